The molecule has 25 heavy (non-hydrogen) atoms. The SMILES string of the molecule is [C-]#[N+]c1ccc(N2C(=O)C(C)(C)N(c3cc(C)ccn3)C2=S)cc1C. The van der Waals surface area contributed by atoms with E-state index in [0.717, 1.165) is 11.1 Å². The monoisotopic (exact) mass is 350 g/mol. The largest absolute Gasteiger partial charge is 0.288 e. The number of aryl methyl sites for hydroxylation is 2. The van der Waals surface area contributed by atoms with Crippen molar-refractivity contribution in [1.29, 1.82) is 0 Å². The zero-order valence-electron chi connectivity index (χ0n) is 14.6. The van der Waals surface area contributed by atoms with Crippen molar-refractivity contribution in [2.75, 3.05) is 9.80 Å². The summed E-state index contributed by atoms with van der Waals surface area (Å²) in [5.41, 5.74) is 2.25. The number of amides is 1. The first kappa shape index (κ1) is 17.1. The molecular weight excluding hydrogens is 332 g/mol. The highest BCUT2D eigenvalue weighted by Gasteiger charge is 2.50. The van der Waals surface area contributed by atoms with Crippen LogP contribution in [0.25, 0.3) is 4.85 Å². The van der Waals surface area contributed by atoms with Gasteiger partial charge in [-0.1, -0.05) is 6.07 Å². The average molecular weight is 350 g/mol. The van der Waals surface area contributed by atoms with Crippen molar-refractivity contribution in [2.24, 2.45) is 0 Å². The minimum absolute atomic E-state index is 0.115. The summed E-state index contributed by atoms with van der Waals surface area (Å²) in [6.07, 6.45) is 1.71. The Balaban J connectivity index is 2.09. The zero-order valence-corrected chi connectivity index (χ0v) is 15.4. The van der Waals surface area contributed by atoms with Crippen LogP contribution in [0, 0.1) is 20.4 Å². The van der Waals surface area contributed by atoms with Gasteiger partial charge in [0.2, 0.25) is 0 Å². The molecule has 1 aromatic carbocycles. The number of carbonyl (C=O) groups is 1. The maximum atomic E-state index is 13.1. The van der Waals surface area contributed by atoms with Crippen LogP contribution in [0.4, 0.5) is 17.2 Å². The predicted molar refractivity (Wildman–Crippen MR) is 103 cm³/mol. The minimum Gasteiger partial charge on any atom is -0.288 e. The Morgan fingerprint density at radius 2 is 1.92 bits per heavy atom. The van der Waals surface area contributed by atoms with Gasteiger partial charge in [-0.3, -0.25) is 14.6 Å². The molecule has 0 N–H and O–H groups in total. The highest BCUT2D eigenvalue weighted by atomic mass is 32.1. The molecule has 0 bridgehead atoms. The van der Waals surface area contributed by atoms with Gasteiger partial charge in [-0.2, -0.15) is 0 Å². The maximum Gasteiger partial charge on any atom is 0.259 e. The number of carbonyl (C=O) groups excluding carboxylic acids is 1. The number of anilines is 2. The van der Waals surface area contributed by atoms with Crippen LogP contribution in [-0.4, -0.2) is 21.5 Å². The molecular formula is C19H18N4OS. The van der Waals surface area contributed by atoms with E-state index in [0.29, 0.717) is 22.3 Å². The lowest BCUT2D eigenvalue weighted by atomic mass is 10.0. The topological polar surface area (TPSA) is 40.8 Å². The number of rotatable bonds is 2. The van der Waals surface area contributed by atoms with Crippen LogP contribution in [0.2, 0.25) is 0 Å². The number of hydrogen-bond donors (Lipinski definition) is 0. The second-order valence-corrected chi connectivity index (χ2v) is 6.96. The first-order valence-electron chi connectivity index (χ1n) is 7.87. The maximum absolute atomic E-state index is 13.1. The number of hydrogen-bond acceptors (Lipinski definition) is 3. The lowest BCUT2D eigenvalue weighted by molar-refractivity contribution is -0.120. The van der Waals surface area contributed by atoms with E-state index in [1.807, 2.05) is 45.9 Å². The zero-order chi connectivity index (χ0) is 18.4. The van der Waals surface area contributed by atoms with Crippen LogP contribution in [0.1, 0.15) is 25.0 Å². The van der Waals surface area contributed by atoms with Crippen molar-refractivity contribution < 1.29 is 4.79 Å². The van der Waals surface area contributed by atoms with E-state index in [1.54, 1.807) is 23.2 Å². The molecule has 6 heteroatoms. The molecule has 2 heterocycles. The fourth-order valence-corrected chi connectivity index (χ4v) is 3.46. The summed E-state index contributed by atoms with van der Waals surface area (Å²) in [6.45, 7) is 14.7. The predicted octanol–water partition coefficient (Wildman–Crippen LogP) is 4.17. The van der Waals surface area contributed by atoms with Crippen LogP contribution < -0.4 is 9.80 Å². The highest BCUT2D eigenvalue weighted by Crippen LogP contribution is 2.36. The molecule has 1 fully saturated rings. The molecule has 0 aliphatic carbocycles. The van der Waals surface area contributed by atoms with Crippen LogP contribution in [0.3, 0.4) is 0 Å². The fraction of sp³-hybridized carbons (Fsp3) is 0.263. The molecule has 0 unspecified atom stereocenters. The van der Waals surface area contributed by atoms with Gasteiger partial charge in [0, 0.05) is 11.9 Å². The van der Waals surface area contributed by atoms with E-state index in [1.165, 1.54) is 4.90 Å². The van der Waals surface area contributed by atoms with E-state index < -0.39 is 5.54 Å². The molecule has 1 aliphatic rings. The van der Waals surface area contributed by atoms with Crippen molar-refractivity contribution in [3.63, 3.8) is 0 Å². The number of benzene rings is 1. The van der Waals surface area contributed by atoms with E-state index in [9.17, 15) is 4.79 Å². The first-order valence-corrected chi connectivity index (χ1v) is 8.27. The Labute approximate surface area is 152 Å². The van der Waals surface area contributed by atoms with Gasteiger partial charge in [0.05, 0.1) is 6.57 Å². The molecule has 2 aromatic rings. The third-order valence-electron chi connectivity index (χ3n) is 4.36. The van der Waals surface area contributed by atoms with E-state index >= 15 is 0 Å². The molecule has 0 saturated carbocycles. The average Bonchev–Trinajstić information content (AvgIpc) is 2.72. The van der Waals surface area contributed by atoms with Gasteiger partial charge in [0.25, 0.3) is 5.91 Å². The number of aromatic nitrogens is 1. The number of pyridine rings is 1. The summed E-state index contributed by atoms with van der Waals surface area (Å²) in [7, 11) is 0. The second-order valence-electron chi connectivity index (χ2n) is 6.59. The van der Waals surface area contributed by atoms with Crippen molar-refractivity contribution in [3.8, 4) is 0 Å². The molecule has 126 valence electrons. The summed E-state index contributed by atoms with van der Waals surface area (Å²) in [4.78, 5) is 24.3. The van der Waals surface area contributed by atoms with E-state index in [2.05, 4.69) is 9.83 Å². The van der Waals surface area contributed by atoms with Crippen molar-refractivity contribution in [2.45, 2.75) is 33.2 Å². The van der Waals surface area contributed by atoms with Crippen LogP contribution in [-0.2, 0) is 4.79 Å². The lowest BCUT2D eigenvalue weighted by Gasteiger charge is -2.28. The molecule has 0 radical (unpaired) electrons. The standard InChI is InChI=1S/C19H18N4OS/c1-12-8-9-21-16(10-12)23-18(25)22(17(24)19(23,3)4)14-6-7-15(20-5)13(2)11-14/h6-11H,1-4H3. The Bertz CT molecular complexity index is 929. The third kappa shape index (κ3) is 2.67. The smallest absolute Gasteiger partial charge is 0.259 e. The molecule has 1 amide bonds. The summed E-state index contributed by atoms with van der Waals surface area (Å²) in [5, 5.41) is 0.392. The summed E-state index contributed by atoms with van der Waals surface area (Å²) in [6, 6.07) is 9.11. The Morgan fingerprint density at radius 3 is 2.52 bits per heavy atom. The molecule has 1 aromatic heterocycles. The lowest BCUT2D eigenvalue weighted by Crippen LogP contribution is -2.44. The van der Waals surface area contributed by atoms with Crippen molar-refractivity contribution >= 4 is 40.4 Å². The summed E-state index contributed by atoms with van der Waals surface area (Å²) < 4.78 is 0. The Morgan fingerprint density at radius 1 is 1.20 bits per heavy atom. The van der Waals surface area contributed by atoms with Gasteiger partial charge in [0.15, 0.2) is 10.8 Å². The second kappa shape index (κ2) is 5.94. The normalized spacial score (nSPS) is 16.3. The molecule has 1 aliphatic heterocycles. The van der Waals surface area contributed by atoms with Crippen LogP contribution in [0.5, 0.6) is 0 Å². The first-order chi connectivity index (χ1) is 11.8. The van der Waals surface area contributed by atoms with E-state index in [4.69, 9.17) is 18.8 Å². The number of thiocarbonyl (C=S) groups is 1. The molecule has 5 nitrogen and oxygen atoms in total. The summed E-state index contributed by atoms with van der Waals surface area (Å²) in [5.74, 6) is 0.538. The van der Waals surface area contributed by atoms with Crippen LogP contribution >= 0.6 is 12.2 Å². The highest BCUT2D eigenvalue weighted by molar-refractivity contribution is 7.81. The van der Waals surface area contributed by atoms with Gasteiger partial charge in [0.1, 0.15) is 11.4 Å². The van der Waals surface area contributed by atoms with Gasteiger partial charge in [-0.15, -0.1) is 0 Å². The van der Waals surface area contributed by atoms with Crippen molar-refractivity contribution in [3.05, 3.63) is 59.1 Å². The van der Waals surface area contributed by atoms with Gasteiger partial charge in [-0.25, -0.2) is 9.83 Å². The molecule has 0 spiro atoms. The summed E-state index contributed by atoms with van der Waals surface area (Å²) >= 11 is 5.63. The van der Waals surface area contributed by atoms with Gasteiger partial charge < -0.3 is 0 Å². The molecule has 0 atom stereocenters. The molecule has 3 rings (SSSR count). The van der Waals surface area contributed by atoms with Gasteiger partial charge in [-0.05, 0) is 75.3 Å². The Hall–Kier alpha value is -2.78. The number of nitrogens with zero attached hydrogens (tertiary/aromatic N) is 4. The quantitative estimate of drug-likeness (QED) is 0.602. The Kier molecular flexibility index (Phi) is 4.05. The van der Waals surface area contributed by atoms with Crippen molar-refractivity contribution in [1.82, 2.24) is 4.98 Å². The van der Waals surface area contributed by atoms with Gasteiger partial charge >= 0.3 is 0 Å². The van der Waals surface area contributed by atoms with E-state index in [-0.39, 0.29) is 5.91 Å². The third-order valence-corrected chi connectivity index (χ3v) is 4.72. The minimum atomic E-state index is -0.843. The fourth-order valence-electron chi connectivity index (χ4n) is 2.95. The van der Waals surface area contributed by atoms with Crippen LogP contribution in [0.15, 0.2) is 36.5 Å². The molecule has 1 saturated heterocycles.